The molecule has 1 aliphatic carbocycles. The van der Waals surface area contributed by atoms with Gasteiger partial charge in [-0.15, -0.1) is 6.58 Å². The molecule has 1 aliphatic heterocycles. The Labute approximate surface area is 185 Å². The Kier molecular flexibility index (Phi) is 4.96. The van der Waals surface area contributed by atoms with E-state index in [1.165, 1.54) is 20.0 Å². The summed E-state index contributed by atoms with van der Waals surface area (Å²) >= 11 is 0. The van der Waals surface area contributed by atoms with Crippen molar-refractivity contribution < 1.29 is 19.1 Å². The summed E-state index contributed by atoms with van der Waals surface area (Å²) in [5, 5.41) is 7.47. The topological polar surface area (TPSA) is 100 Å². The van der Waals surface area contributed by atoms with Gasteiger partial charge in [-0.1, -0.05) is 6.08 Å². The minimum absolute atomic E-state index is 0.0811. The maximum atomic E-state index is 13.2. The zero-order valence-electron chi connectivity index (χ0n) is 18.1. The number of nitrogens with one attached hydrogen (secondary N) is 1. The molecule has 0 spiro atoms. The van der Waals surface area contributed by atoms with Crippen LogP contribution in [-0.4, -0.2) is 44.9 Å². The Bertz CT molecular complexity index is 1240. The van der Waals surface area contributed by atoms with Crippen LogP contribution in [0.3, 0.4) is 0 Å². The first-order valence-corrected chi connectivity index (χ1v) is 10.7. The first-order chi connectivity index (χ1) is 15.5. The molecule has 0 bridgehead atoms. The Morgan fingerprint density at radius 2 is 2.16 bits per heavy atom. The van der Waals surface area contributed by atoms with Crippen LogP contribution in [0.5, 0.6) is 5.75 Å². The molecule has 3 aromatic rings. The van der Waals surface area contributed by atoms with Crippen LogP contribution in [0.2, 0.25) is 0 Å². The predicted molar refractivity (Wildman–Crippen MR) is 118 cm³/mol. The van der Waals surface area contributed by atoms with E-state index in [0.29, 0.717) is 47.4 Å². The molecule has 9 nitrogen and oxygen atoms in total. The summed E-state index contributed by atoms with van der Waals surface area (Å²) in [6, 6.07) is 5.01. The third-order valence-corrected chi connectivity index (χ3v) is 5.89. The molecule has 1 amide bonds. The number of rotatable bonds is 7. The number of hydrogen-bond donors (Lipinski definition) is 1. The van der Waals surface area contributed by atoms with Crippen molar-refractivity contribution in [1.82, 2.24) is 19.3 Å². The van der Waals surface area contributed by atoms with E-state index < -0.39 is 5.97 Å². The largest absolute Gasteiger partial charge is 0.489 e. The number of carbonyl (C=O) groups excluding carboxylic acids is 2. The zero-order chi connectivity index (χ0) is 22.4. The second-order valence-corrected chi connectivity index (χ2v) is 8.38. The van der Waals surface area contributed by atoms with Crippen molar-refractivity contribution in [3.8, 4) is 5.75 Å². The third kappa shape index (κ3) is 3.53. The molecule has 32 heavy (non-hydrogen) atoms. The van der Waals surface area contributed by atoms with Crippen molar-refractivity contribution in [1.29, 1.82) is 0 Å². The summed E-state index contributed by atoms with van der Waals surface area (Å²) in [5.74, 6) is 0.784. The van der Waals surface area contributed by atoms with E-state index in [1.807, 2.05) is 17.6 Å². The van der Waals surface area contributed by atoms with E-state index in [9.17, 15) is 9.59 Å². The molecule has 5 rings (SSSR count). The van der Waals surface area contributed by atoms with Crippen LogP contribution in [0.25, 0.3) is 11.0 Å². The summed E-state index contributed by atoms with van der Waals surface area (Å²) < 4.78 is 14.5. The van der Waals surface area contributed by atoms with Crippen molar-refractivity contribution >= 4 is 28.9 Å². The van der Waals surface area contributed by atoms with Gasteiger partial charge in [-0.25, -0.2) is 9.78 Å². The molecule has 1 aromatic carbocycles. The fourth-order valence-electron chi connectivity index (χ4n) is 4.19. The van der Waals surface area contributed by atoms with E-state index >= 15 is 0 Å². The summed E-state index contributed by atoms with van der Waals surface area (Å²) in [4.78, 5) is 30.0. The van der Waals surface area contributed by atoms with Gasteiger partial charge in [0.2, 0.25) is 5.95 Å². The van der Waals surface area contributed by atoms with E-state index in [0.717, 1.165) is 17.8 Å². The van der Waals surface area contributed by atoms with Gasteiger partial charge in [0.15, 0.2) is 0 Å². The van der Waals surface area contributed by atoms with Gasteiger partial charge in [0.1, 0.15) is 23.6 Å². The monoisotopic (exact) mass is 435 g/mol. The Balaban J connectivity index is 1.56. The first-order valence-electron chi connectivity index (χ1n) is 10.7. The van der Waals surface area contributed by atoms with Crippen LogP contribution in [-0.2, 0) is 11.3 Å². The number of hydrogen-bond acceptors (Lipinski definition) is 6. The Morgan fingerprint density at radius 1 is 1.34 bits per heavy atom. The van der Waals surface area contributed by atoms with E-state index in [-0.39, 0.29) is 11.9 Å². The number of aromatic nitrogens is 4. The molecule has 2 aliphatic rings. The Morgan fingerprint density at radius 3 is 2.88 bits per heavy atom. The molecular formula is C23H25N5O4. The number of ether oxygens (including phenoxy) is 2. The molecule has 0 unspecified atom stereocenters. The number of imidazole rings is 1. The van der Waals surface area contributed by atoms with Crippen LogP contribution in [0.1, 0.15) is 51.8 Å². The van der Waals surface area contributed by atoms with Gasteiger partial charge in [-0.05, 0) is 50.3 Å². The highest BCUT2D eigenvalue weighted by atomic mass is 16.5. The fourth-order valence-corrected chi connectivity index (χ4v) is 4.19. The lowest BCUT2D eigenvalue weighted by Crippen LogP contribution is -2.26. The molecule has 1 atom stereocenters. The molecule has 9 heteroatoms. The van der Waals surface area contributed by atoms with Crippen molar-refractivity contribution in [3.63, 3.8) is 0 Å². The number of methoxy groups -OCH3 is 1. The van der Waals surface area contributed by atoms with Crippen LogP contribution in [0.15, 0.2) is 30.9 Å². The number of carbonyl (C=O) groups is 2. The lowest BCUT2D eigenvalue weighted by Gasteiger charge is -2.26. The number of benzene rings is 1. The van der Waals surface area contributed by atoms with Crippen molar-refractivity contribution in [2.75, 3.05) is 19.0 Å². The smallest absolute Gasteiger partial charge is 0.338 e. The quantitative estimate of drug-likeness (QED) is 0.450. The molecule has 0 saturated heterocycles. The number of esters is 1. The van der Waals surface area contributed by atoms with Crippen molar-refractivity contribution in [2.24, 2.45) is 5.92 Å². The summed E-state index contributed by atoms with van der Waals surface area (Å²) in [6.45, 7) is 6.84. The maximum Gasteiger partial charge on any atom is 0.338 e. The predicted octanol–water partition coefficient (Wildman–Crippen LogP) is 3.50. The standard InChI is InChI=1S/C23H25N5O4/c1-4-5-16-12-32-19-10-15(22(30)31-3)9-17-20(19)28(16)23(24-17)25-21(29)18-8-13(2)26-27(18)11-14-6-7-14/h4,8-10,14,16H,1,5-7,11-12H2,2-3H3,(H,24,25,29)/t16-/m0/s1. The number of anilines is 1. The van der Waals surface area contributed by atoms with Crippen LogP contribution < -0.4 is 10.1 Å². The van der Waals surface area contributed by atoms with E-state index in [4.69, 9.17) is 9.47 Å². The SMILES string of the molecule is C=CC[C@H]1COc2cc(C(=O)OC)cc3nc(NC(=O)c4cc(C)nn4CC4CC4)n1c23. The van der Waals surface area contributed by atoms with E-state index in [2.05, 4.69) is 22.0 Å². The minimum Gasteiger partial charge on any atom is -0.489 e. The van der Waals surface area contributed by atoms with Crippen LogP contribution in [0, 0.1) is 12.8 Å². The van der Waals surface area contributed by atoms with Crippen LogP contribution in [0.4, 0.5) is 5.95 Å². The fraction of sp³-hybridized carbons (Fsp3) is 0.391. The van der Waals surface area contributed by atoms with Gasteiger partial charge in [-0.2, -0.15) is 5.10 Å². The molecular weight excluding hydrogens is 410 g/mol. The first kappa shape index (κ1) is 20.3. The van der Waals surface area contributed by atoms with Crippen LogP contribution >= 0.6 is 0 Å². The van der Waals surface area contributed by atoms with Gasteiger partial charge in [0, 0.05) is 6.54 Å². The van der Waals surface area contributed by atoms with Gasteiger partial charge < -0.3 is 9.47 Å². The highest BCUT2D eigenvalue weighted by molar-refractivity contribution is 6.04. The minimum atomic E-state index is -0.473. The van der Waals surface area contributed by atoms with Gasteiger partial charge >= 0.3 is 5.97 Å². The second-order valence-electron chi connectivity index (χ2n) is 8.38. The van der Waals surface area contributed by atoms with Gasteiger partial charge in [0.05, 0.1) is 29.9 Å². The average molecular weight is 435 g/mol. The molecule has 1 fully saturated rings. The normalized spacial score (nSPS) is 17.1. The van der Waals surface area contributed by atoms with Gasteiger partial charge in [0.25, 0.3) is 5.91 Å². The highest BCUT2D eigenvalue weighted by Gasteiger charge is 2.30. The molecule has 2 aromatic heterocycles. The molecule has 1 saturated carbocycles. The number of amides is 1. The number of aryl methyl sites for hydroxylation is 1. The van der Waals surface area contributed by atoms with E-state index in [1.54, 1.807) is 22.9 Å². The number of allylic oxidation sites excluding steroid dienone is 1. The molecule has 166 valence electrons. The molecule has 1 N–H and O–H groups in total. The number of nitrogens with zero attached hydrogens (tertiary/aromatic N) is 4. The average Bonchev–Trinajstić information content (AvgIpc) is 3.41. The maximum absolute atomic E-state index is 13.2. The molecule has 0 radical (unpaired) electrons. The van der Waals surface area contributed by atoms with Gasteiger partial charge in [-0.3, -0.25) is 19.4 Å². The second kappa shape index (κ2) is 7.81. The lowest BCUT2D eigenvalue weighted by atomic mass is 10.1. The summed E-state index contributed by atoms with van der Waals surface area (Å²) in [6.07, 6.45) is 4.80. The summed E-state index contributed by atoms with van der Waals surface area (Å²) in [5.41, 5.74) is 2.94. The van der Waals surface area contributed by atoms with Crippen molar-refractivity contribution in [2.45, 2.75) is 38.8 Å². The van der Waals surface area contributed by atoms with Crippen molar-refractivity contribution in [3.05, 3.63) is 47.8 Å². The third-order valence-electron chi connectivity index (χ3n) is 5.89. The Hall–Kier alpha value is -3.62. The highest BCUT2D eigenvalue weighted by Crippen LogP contribution is 2.38. The lowest BCUT2D eigenvalue weighted by molar-refractivity contribution is 0.0600. The molecule has 3 heterocycles. The summed E-state index contributed by atoms with van der Waals surface area (Å²) in [7, 11) is 1.33. The zero-order valence-corrected chi connectivity index (χ0v) is 18.1.